The Hall–Kier alpha value is -1.22. The van der Waals surface area contributed by atoms with E-state index in [1.54, 1.807) is 0 Å². The number of likely N-dealkylation sites (N-methyl/N-ethyl adjacent to an activating group) is 1. The highest BCUT2D eigenvalue weighted by Crippen LogP contribution is 2.18. The third-order valence-electron chi connectivity index (χ3n) is 2.72. The standard InChI is InChI=1S/C11H14N2O/c1-8-10(7-14)5-9-6-13(2)4-3-11(9)12-8/h5,7H,3-4,6H2,1-2H3. The van der Waals surface area contributed by atoms with E-state index in [0.717, 1.165) is 42.7 Å². The van der Waals surface area contributed by atoms with Crippen LogP contribution in [-0.4, -0.2) is 29.8 Å². The number of pyridine rings is 1. The van der Waals surface area contributed by atoms with Crippen LogP contribution in [0.3, 0.4) is 0 Å². The molecule has 0 atom stereocenters. The Kier molecular flexibility index (Phi) is 2.33. The third-order valence-corrected chi connectivity index (χ3v) is 2.72. The van der Waals surface area contributed by atoms with Crippen LogP contribution >= 0.6 is 0 Å². The molecule has 0 saturated carbocycles. The molecule has 1 aliphatic rings. The van der Waals surface area contributed by atoms with Crippen molar-refractivity contribution in [2.45, 2.75) is 19.9 Å². The second-order valence-corrected chi connectivity index (χ2v) is 3.87. The fourth-order valence-electron chi connectivity index (χ4n) is 1.85. The van der Waals surface area contributed by atoms with Gasteiger partial charge in [-0.2, -0.15) is 0 Å². The van der Waals surface area contributed by atoms with Gasteiger partial charge in [-0.1, -0.05) is 0 Å². The Morgan fingerprint density at radius 2 is 2.36 bits per heavy atom. The van der Waals surface area contributed by atoms with Crippen LogP contribution in [0.5, 0.6) is 0 Å². The van der Waals surface area contributed by atoms with Crippen molar-refractivity contribution in [1.82, 2.24) is 9.88 Å². The highest BCUT2D eigenvalue weighted by Gasteiger charge is 2.15. The molecule has 14 heavy (non-hydrogen) atoms. The van der Waals surface area contributed by atoms with Crippen LogP contribution in [0.25, 0.3) is 0 Å². The zero-order chi connectivity index (χ0) is 10.1. The smallest absolute Gasteiger partial charge is 0.151 e. The number of aromatic nitrogens is 1. The zero-order valence-electron chi connectivity index (χ0n) is 8.58. The van der Waals surface area contributed by atoms with Crippen LogP contribution in [0.15, 0.2) is 6.07 Å². The van der Waals surface area contributed by atoms with E-state index in [1.165, 1.54) is 5.56 Å². The van der Waals surface area contributed by atoms with Gasteiger partial charge in [0.15, 0.2) is 6.29 Å². The molecule has 1 aliphatic heterocycles. The first-order valence-corrected chi connectivity index (χ1v) is 4.84. The minimum absolute atomic E-state index is 0.721. The van der Waals surface area contributed by atoms with Gasteiger partial charge in [-0.05, 0) is 25.6 Å². The molecular weight excluding hydrogens is 176 g/mol. The van der Waals surface area contributed by atoms with E-state index in [4.69, 9.17) is 0 Å². The lowest BCUT2D eigenvalue weighted by Crippen LogP contribution is -2.27. The molecule has 74 valence electrons. The zero-order valence-corrected chi connectivity index (χ0v) is 8.58. The van der Waals surface area contributed by atoms with Crippen molar-refractivity contribution in [2.75, 3.05) is 13.6 Å². The predicted molar refractivity (Wildman–Crippen MR) is 54.4 cm³/mol. The first-order valence-electron chi connectivity index (χ1n) is 4.84. The number of rotatable bonds is 1. The first-order chi connectivity index (χ1) is 6.70. The minimum Gasteiger partial charge on any atom is -0.302 e. The van der Waals surface area contributed by atoms with Gasteiger partial charge in [0.2, 0.25) is 0 Å². The van der Waals surface area contributed by atoms with Crippen molar-refractivity contribution in [3.8, 4) is 0 Å². The van der Waals surface area contributed by atoms with Gasteiger partial charge >= 0.3 is 0 Å². The highest BCUT2D eigenvalue weighted by atomic mass is 16.1. The molecule has 0 bridgehead atoms. The van der Waals surface area contributed by atoms with Crippen molar-refractivity contribution in [2.24, 2.45) is 0 Å². The Morgan fingerprint density at radius 1 is 1.57 bits per heavy atom. The average Bonchev–Trinajstić information content (AvgIpc) is 2.17. The lowest BCUT2D eigenvalue weighted by Gasteiger charge is -2.24. The minimum atomic E-state index is 0.721. The van der Waals surface area contributed by atoms with E-state index >= 15 is 0 Å². The molecule has 1 aromatic heterocycles. The van der Waals surface area contributed by atoms with Gasteiger partial charge in [0.25, 0.3) is 0 Å². The number of aldehydes is 1. The van der Waals surface area contributed by atoms with E-state index in [1.807, 2.05) is 13.0 Å². The molecule has 3 heteroatoms. The molecule has 0 aromatic carbocycles. The van der Waals surface area contributed by atoms with Gasteiger partial charge in [0.1, 0.15) is 0 Å². The van der Waals surface area contributed by atoms with Crippen molar-refractivity contribution in [1.29, 1.82) is 0 Å². The van der Waals surface area contributed by atoms with Gasteiger partial charge in [0.05, 0.1) is 0 Å². The fraction of sp³-hybridized carbons (Fsp3) is 0.455. The summed E-state index contributed by atoms with van der Waals surface area (Å²) >= 11 is 0. The Morgan fingerprint density at radius 3 is 3.07 bits per heavy atom. The maximum absolute atomic E-state index is 10.7. The van der Waals surface area contributed by atoms with E-state index in [2.05, 4.69) is 16.9 Å². The van der Waals surface area contributed by atoms with Gasteiger partial charge < -0.3 is 4.90 Å². The first kappa shape index (κ1) is 9.34. The number of hydrogen-bond acceptors (Lipinski definition) is 3. The number of carbonyl (C=O) groups is 1. The molecule has 1 aromatic rings. The Labute approximate surface area is 83.8 Å². The van der Waals surface area contributed by atoms with Crippen LogP contribution in [0.2, 0.25) is 0 Å². The molecule has 0 N–H and O–H groups in total. The molecule has 0 amide bonds. The predicted octanol–water partition coefficient (Wildman–Crippen LogP) is 1.19. The molecule has 0 aliphatic carbocycles. The number of fused-ring (bicyclic) bond motifs is 1. The Balaban J connectivity index is 2.46. The largest absolute Gasteiger partial charge is 0.302 e. The summed E-state index contributed by atoms with van der Waals surface area (Å²) in [5.41, 5.74) is 3.93. The quantitative estimate of drug-likeness (QED) is 0.624. The molecule has 2 heterocycles. The molecule has 2 rings (SSSR count). The van der Waals surface area contributed by atoms with Gasteiger partial charge in [0, 0.05) is 36.5 Å². The molecule has 0 spiro atoms. The summed E-state index contributed by atoms with van der Waals surface area (Å²) < 4.78 is 0. The summed E-state index contributed by atoms with van der Waals surface area (Å²) in [6.45, 7) is 3.85. The van der Waals surface area contributed by atoms with Crippen LogP contribution in [-0.2, 0) is 13.0 Å². The van der Waals surface area contributed by atoms with Crippen molar-refractivity contribution < 1.29 is 4.79 Å². The van der Waals surface area contributed by atoms with Gasteiger partial charge in [-0.15, -0.1) is 0 Å². The topological polar surface area (TPSA) is 33.2 Å². The average molecular weight is 190 g/mol. The number of aryl methyl sites for hydroxylation is 1. The van der Waals surface area contributed by atoms with Crippen LogP contribution in [0.1, 0.15) is 27.3 Å². The summed E-state index contributed by atoms with van der Waals surface area (Å²) in [6, 6.07) is 1.97. The third kappa shape index (κ3) is 1.55. The maximum atomic E-state index is 10.7. The lowest BCUT2D eigenvalue weighted by molar-refractivity contribution is 0.112. The van der Waals surface area contributed by atoms with Crippen LogP contribution < -0.4 is 0 Å². The Bertz CT molecular complexity index is 374. The van der Waals surface area contributed by atoms with Crippen molar-refractivity contribution >= 4 is 6.29 Å². The summed E-state index contributed by atoms with van der Waals surface area (Å²) in [5.74, 6) is 0. The summed E-state index contributed by atoms with van der Waals surface area (Å²) in [4.78, 5) is 17.4. The normalized spacial score (nSPS) is 16.4. The van der Waals surface area contributed by atoms with E-state index in [9.17, 15) is 4.79 Å². The van der Waals surface area contributed by atoms with Crippen LogP contribution in [0, 0.1) is 6.92 Å². The van der Waals surface area contributed by atoms with Crippen molar-refractivity contribution in [3.05, 3.63) is 28.6 Å². The number of nitrogens with zero attached hydrogens (tertiary/aromatic N) is 2. The fourth-order valence-corrected chi connectivity index (χ4v) is 1.85. The van der Waals surface area contributed by atoms with Gasteiger partial charge in [-0.25, -0.2) is 0 Å². The van der Waals surface area contributed by atoms with E-state index < -0.39 is 0 Å². The molecule has 0 saturated heterocycles. The SMILES string of the molecule is Cc1nc2c(cc1C=O)CN(C)CC2. The summed E-state index contributed by atoms with van der Waals surface area (Å²) in [7, 11) is 2.09. The van der Waals surface area contributed by atoms with E-state index in [0.29, 0.717) is 0 Å². The second kappa shape index (κ2) is 3.50. The van der Waals surface area contributed by atoms with E-state index in [-0.39, 0.29) is 0 Å². The monoisotopic (exact) mass is 190 g/mol. The number of carbonyl (C=O) groups excluding carboxylic acids is 1. The molecular formula is C11H14N2O. The van der Waals surface area contributed by atoms with Crippen molar-refractivity contribution in [3.63, 3.8) is 0 Å². The lowest BCUT2D eigenvalue weighted by atomic mass is 10.0. The van der Waals surface area contributed by atoms with Crippen LogP contribution in [0.4, 0.5) is 0 Å². The maximum Gasteiger partial charge on any atom is 0.151 e. The second-order valence-electron chi connectivity index (χ2n) is 3.87. The highest BCUT2D eigenvalue weighted by molar-refractivity contribution is 5.76. The summed E-state index contributed by atoms with van der Waals surface area (Å²) in [5, 5.41) is 0. The number of hydrogen-bond donors (Lipinski definition) is 0. The van der Waals surface area contributed by atoms with Gasteiger partial charge in [-0.3, -0.25) is 9.78 Å². The summed E-state index contributed by atoms with van der Waals surface area (Å²) in [6.07, 6.45) is 1.88. The molecule has 0 unspecified atom stereocenters. The molecule has 3 nitrogen and oxygen atoms in total. The molecule has 0 fully saturated rings. The molecule has 0 radical (unpaired) electrons.